The SMILES string of the molecule is CCOc1ccccc1N1CCN(C(=O)N2CCOc3ccc(-c4ccc5nc(C)[nH]c5c4)cc3C2)CC1. The van der Waals surface area contributed by atoms with E-state index in [0.717, 1.165) is 63.8 Å². The summed E-state index contributed by atoms with van der Waals surface area (Å²) in [5.41, 5.74) is 6.30. The lowest BCUT2D eigenvalue weighted by Crippen LogP contribution is -2.53. The molecule has 0 unspecified atom stereocenters. The van der Waals surface area contributed by atoms with Gasteiger partial charge in [0, 0.05) is 31.7 Å². The number of carbonyl (C=O) groups is 1. The van der Waals surface area contributed by atoms with Crippen molar-refractivity contribution in [1.82, 2.24) is 19.8 Å². The Hall–Kier alpha value is -4.20. The van der Waals surface area contributed by atoms with Gasteiger partial charge in [-0.15, -0.1) is 0 Å². The molecule has 4 aromatic rings. The van der Waals surface area contributed by atoms with Crippen LogP contribution in [0, 0.1) is 6.92 Å². The van der Waals surface area contributed by atoms with E-state index in [4.69, 9.17) is 9.47 Å². The first-order chi connectivity index (χ1) is 18.6. The summed E-state index contributed by atoms with van der Waals surface area (Å²) >= 11 is 0. The number of anilines is 1. The minimum absolute atomic E-state index is 0.0685. The second kappa shape index (κ2) is 10.3. The normalized spacial score (nSPS) is 15.7. The first kappa shape index (κ1) is 24.2. The predicted octanol–water partition coefficient (Wildman–Crippen LogP) is 5.07. The maximum absolute atomic E-state index is 13.6. The van der Waals surface area contributed by atoms with E-state index in [0.29, 0.717) is 39.4 Å². The fourth-order valence-corrected chi connectivity index (χ4v) is 5.39. The van der Waals surface area contributed by atoms with Gasteiger partial charge in [-0.25, -0.2) is 9.78 Å². The number of hydrogen-bond acceptors (Lipinski definition) is 5. The van der Waals surface area contributed by atoms with Crippen LogP contribution >= 0.6 is 0 Å². The molecular formula is C30H33N5O3. The Morgan fingerprint density at radius 1 is 0.974 bits per heavy atom. The van der Waals surface area contributed by atoms with Gasteiger partial charge in [0.25, 0.3) is 0 Å². The fraction of sp³-hybridized carbons (Fsp3) is 0.333. The van der Waals surface area contributed by atoms with Crippen LogP contribution in [-0.4, -0.2) is 71.7 Å². The van der Waals surface area contributed by atoms with Crippen LogP contribution in [0.3, 0.4) is 0 Å². The molecule has 3 heterocycles. The Balaban J connectivity index is 1.16. The molecule has 2 aliphatic rings. The number of nitrogens with one attached hydrogen (secondary N) is 1. The van der Waals surface area contributed by atoms with E-state index in [9.17, 15) is 4.79 Å². The van der Waals surface area contributed by atoms with E-state index in [-0.39, 0.29) is 6.03 Å². The van der Waals surface area contributed by atoms with Gasteiger partial charge < -0.3 is 29.2 Å². The molecule has 1 fully saturated rings. The minimum atomic E-state index is 0.0685. The Morgan fingerprint density at radius 3 is 2.61 bits per heavy atom. The first-order valence-corrected chi connectivity index (χ1v) is 13.3. The summed E-state index contributed by atoms with van der Waals surface area (Å²) < 4.78 is 11.9. The molecule has 2 amide bonds. The zero-order valence-corrected chi connectivity index (χ0v) is 21.9. The largest absolute Gasteiger partial charge is 0.492 e. The number of aryl methyl sites for hydroxylation is 1. The van der Waals surface area contributed by atoms with Crippen LogP contribution < -0.4 is 14.4 Å². The molecule has 3 aromatic carbocycles. The van der Waals surface area contributed by atoms with Crippen molar-refractivity contribution in [3.05, 3.63) is 72.1 Å². The Kier molecular flexibility index (Phi) is 6.54. The number of benzene rings is 3. The summed E-state index contributed by atoms with van der Waals surface area (Å²) in [6.45, 7) is 9.07. The van der Waals surface area contributed by atoms with E-state index in [2.05, 4.69) is 45.2 Å². The third-order valence-electron chi connectivity index (χ3n) is 7.30. The topological polar surface area (TPSA) is 73.9 Å². The van der Waals surface area contributed by atoms with Crippen molar-refractivity contribution in [3.8, 4) is 22.6 Å². The molecule has 1 N–H and O–H groups in total. The number of imidazole rings is 1. The van der Waals surface area contributed by atoms with Gasteiger partial charge in [0.15, 0.2) is 0 Å². The number of rotatable bonds is 4. The Labute approximate surface area is 222 Å². The molecular weight excluding hydrogens is 478 g/mol. The van der Waals surface area contributed by atoms with Crippen LogP contribution in [0.25, 0.3) is 22.2 Å². The lowest BCUT2D eigenvalue weighted by Gasteiger charge is -2.38. The lowest BCUT2D eigenvalue weighted by atomic mass is 10.0. The number of amides is 2. The van der Waals surface area contributed by atoms with E-state index in [1.54, 1.807) is 0 Å². The van der Waals surface area contributed by atoms with Gasteiger partial charge >= 0.3 is 6.03 Å². The summed E-state index contributed by atoms with van der Waals surface area (Å²) in [6, 6.07) is 20.7. The maximum Gasteiger partial charge on any atom is 0.320 e. The molecule has 0 atom stereocenters. The summed E-state index contributed by atoms with van der Waals surface area (Å²) in [5, 5.41) is 0. The highest BCUT2D eigenvalue weighted by atomic mass is 16.5. The van der Waals surface area contributed by atoms with Crippen LogP contribution in [-0.2, 0) is 6.54 Å². The highest BCUT2D eigenvalue weighted by Crippen LogP contribution is 2.32. The standard InChI is InChI=1S/C30H33N5O3/c1-3-37-29-7-5-4-6-27(29)33-12-14-34(15-13-33)30(36)35-16-17-38-28-11-9-22(18-24(28)20-35)23-8-10-25-26(19-23)32-21(2)31-25/h4-11,18-19H,3,12-17,20H2,1-2H3,(H,31,32). The maximum atomic E-state index is 13.6. The highest BCUT2D eigenvalue weighted by molar-refractivity contribution is 5.82. The van der Waals surface area contributed by atoms with E-state index >= 15 is 0 Å². The van der Waals surface area contributed by atoms with Crippen molar-refractivity contribution in [2.75, 3.05) is 50.8 Å². The van der Waals surface area contributed by atoms with Gasteiger partial charge in [0.2, 0.25) is 0 Å². The zero-order valence-electron chi connectivity index (χ0n) is 21.9. The quantitative estimate of drug-likeness (QED) is 0.414. The summed E-state index contributed by atoms with van der Waals surface area (Å²) in [5.74, 6) is 2.65. The third-order valence-corrected chi connectivity index (χ3v) is 7.30. The van der Waals surface area contributed by atoms with Gasteiger partial charge in [-0.1, -0.05) is 24.3 Å². The molecule has 38 heavy (non-hydrogen) atoms. The molecule has 8 heteroatoms. The van der Waals surface area contributed by atoms with Gasteiger partial charge in [-0.05, 0) is 61.4 Å². The van der Waals surface area contributed by atoms with Crippen molar-refractivity contribution in [3.63, 3.8) is 0 Å². The molecule has 6 rings (SSSR count). The number of nitrogens with zero attached hydrogens (tertiary/aromatic N) is 4. The number of piperazine rings is 1. The van der Waals surface area contributed by atoms with E-state index < -0.39 is 0 Å². The first-order valence-electron chi connectivity index (χ1n) is 13.3. The van der Waals surface area contributed by atoms with Crippen molar-refractivity contribution in [2.24, 2.45) is 0 Å². The Morgan fingerprint density at radius 2 is 1.76 bits per heavy atom. The average Bonchev–Trinajstić information content (AvgIpc) is 3.18. The number of urea groups is 1. The number of ether oxygens (including phenoxy) is 2. The fourth-order valence-electron chi connectivity index (χ4n) is 5.39. The van der Waals surface area contributed by atoms with Crippen LogP contribution in [0.5, 0.6) is 11.5 Å². The minimum Gasteiger partial charge on any atom is -0.492 e. The van der Waals surface area contributed by atoms with Gasteiger partial charge in [-0.3, -0.25) is 0 Å². The van der Waals surface area contributed by atoms with Crippen LogP contribution in [0.2, 0.25) is 0 Å². The zero-order chi connectivity index (χ0) is 26.1. The van der Waals surface area contributed by atoms with Gasteiger partial charge in [-0.2, -0.15) is 0 Å². The van der Waals surface area contributed by atoms with Crippen molar-refractivity contribution < 1.29 is 14.3 Å². The molecule has 0 radical (unpaired) electrons. The van der Waals surface area contributed by atoms with Gasteiger partial charge in [0.1, 0.15) is 23.9 Å². The number of fused-ring (bicyclic) bond motifs is 2. The van der Waals surface area contributed by atoms with Crippen molar-refractivity contribution in [2.45, 2.75) is 20.4 Å². The molecule has 1 saturated heterocycles. The molecule has 196 valence electrons. The molecule has 1 aromatic heterocycles. The Bertz CT molecular complexity index is 1460. The number of carbonyl (C=O) groups excluding carboxylic acids is 1. The highest BCUT2D eigenvalue weighted by Gasteiger charge is 2.28. The predicted molar refractivity (Wildman–Crippen MR) is 149 cm³/mol. The third kappa shape index (κ3) is 4.74. The van der Waals surface area contributed by atoms with Crippen molar-refractivity contribution in [1.29, 1.82) is 0 Å². The average molecular weight is 512 g/mol. The number of aromatic amines is 1. The molecule has 2 aliphatic heterocycles. The molecule has 0 saturated carbocycles. The number of hydrogen-bond donors (Lipinski definition) is 1. The van der Waals surface area contributed by atoms with Gasteiger partial charge in [0.05, 0.1) is 36.4 Å². The van der Waals surface area contributed by atoms with Crippen LogP contribution in [0.1, 0.15) is 18.3 Å². The second-order valence-corrected chi connectivity index (χ2v) is 9.80. The molecule has 0 bridgehead atoms. The number of H-pyrrole nitrogens is 1. The summed E-state index contributed by atoms with van der Waals surface area (Å²) in [6.07, 6.45) is 0. The summed E-state index contributed by atoms with van der Waals surface area (Å²) in [4.78, 5) is 27.6. The molecule has 8 nitrogen and oxygen atoms in total. The smallest absolute Gasteiger partial charge is 0.320 e. The lowest BCUT2D eigenvalue weighted by molar-refractivity contribution is 0.143. The monoisotopic (exact) mass is 511 g/mol. The van der Waals surface area contributed by atoms with Crippen LogP contribution in [0.4, 0.5) is 10.5 Å². The van der Waals surface area contributed by atoms with Crippen LogP contribution in [0.15, 0.2) is 60.7 Å². The van der Waals surface area contributed by atoms with Crippen molar-refractivity contribution >= 4 is 22.8 Å². The summed E-state index contributed by atoms with van der Waals surface area (Å²) in [7, 11) is 0. The number of para-hydroxylation sites is 2. The second-order valence-electron chi connectivity index (χ2n) is 9.80. The molecule has 0 spiro atoms. The van der Waals surface area contributed by atoms with E-state index in [1.165, 1.54) is 0 Å². The molecule has 0 aliphatic carbocycles. The van der Waals surface area contributed by atoms with E-state index in [1.807, 2.05) is 54.0 Å². The number of aromatic nitrogens is 2.